The van der Waals surface area contributed by atoms with Gasteiger partial charge in [-0.1, -0.05) is 12.1 Å². The van der Waals surface area contributed by atoms with Crippen LogP contribution in [0.5, 0.6) is 0 Å². The van der Waals surface area contributed by atoms with Crippen LogP contribution >= 0.6 is 11.3 Å². The minimum atomic E-state index is -0.325. The lowest BCUT2D eigenvalue weighted by molar-refractivity contribution is 0.101. The van der Waals surface area contributed by atoms with Gasteiger partial charge in [0.1, 0.15) is 5.82 Å². The number of rotatable bonds is 4. The summed E-state index contributed by atoms with van der Waals surface area (Å²) < 4.78 is 18.2. The predicted molar refractivity (Wildman–Crippen MR) is 81.2 cm³/mol. The number of halogens is 1. The molecule has 1 aromatic carbocycles. The highest BCUT2D eigenvalue weighted by atomic mass is 32.1. The lowest BCUT2D eigenvalue weighted by Gasteiger charge is -2.00. The molecule has 0 bridgehead atoms. The molecule has 0 unspecified atom stereocenters. The average molecular weight is 311 g/mol. The first-order valence-corrected chi connectivity index (χ1v) is 7.34. The van der Waals surface area contributed by atoms with Crippen molar-refractivity contribution in [2.24, 2.45) is 0 Å². The van der Waals surface area contributed by atoms with Crippen LogP contribution in [0.3, 0.4) is 0 Å². The third-order valence-electron chi connectivity index (χ3n) is 3.15. The van der Waals surface area contributed by atoms with Gasteiger partial charge in [0.15, 0.2) is 5.76 Å². The van der Waals surface area contributed by atoms with Gasteiger partial charge >= 0.3 is 0 Å². The van der Waals surface area contributed by atoms with E-state index in [9.17, 15) is 9.18 Å². The van der Waals surface area contributed by atoms with E-state index >= 15 is 0 Å². The topological polar surface area (TPSA) is 54.0 Å². The highest BCUT2D eigenvalue weighted by Crippen LogP contribution is 2.34. The van der Waals surface area contributed by atoms with Gasteiger partial charge in [-0.05, 0) is 41.5 Å². The largest absolute Gasteiger partial charge is 0.461 e. The van der Waals surface area contributed by atoms with Gasteiger partial charge in [0.25, 0.3) is 0 Å². The number of nitriles is 1. The van der Waals surface area contributed by atoms with Gasteiger partial charge in [-0.25, -0.2) is 4.39 Å². The van der Waals surface area contributed by atoms with Crippen molar-refractivity contribution in [2.45, 2.75) is 6.42 Å². The molecule has 0 aliphatic rings. The molecule has 0 N–H and O–H groups in total. The zero-order valence-electron chi connectivity index (χ0n) is 11.4. The summed E-state index contributed by atoms with van der Waals surface area (Å²) >= 11 is 1.28. The van der Waals surface area contributed by atoms with Gasteiger partial charge in [-0.3, -0.25) is 4.79 Å². The molecular formula is C17H10FNO2S. The van der Waals surface area contributed by atoms with Crippen molar-refractivity contribution in [2.75, 3.05) is 0 Å². The van der Waals surface area contributed by atoms with Gasteiger partial charge < -0.3 is 4.42 Å². The lowest BCUT2D eigenvalue weighted by Crippen LogP contribution is -1.95. The summed E-state index contributed by atoms with van der Waals surface area (Å²) in [4.78, 5) is 13.6. The maximum absolute atomic E-state index is 13.1. The molecule has 0 spiro atoms. The van der Waals surface area contributed by atoms with Crippen molar-refractivity contribution in [3.05, 3.63) is 70.7 Å². The fourth-order valence-electron chi connectivity index (χ4n) is 2.13. The lowest BCUT2D eigenvalue weighted by atomic mass is 10.1. The maximum atomic E-state index is 13.1. The standard InChI is InChI=1S/C17H10FNO2S/c18-13-5-3-11(4-6-13)17-12(7-8-19)10-15(22-17)16(20)14-2-1-9-21-14/h1-6,9-10H,7H2. The normalized spacial score (nSPS) is 10.4. The van der Waals surface area contributed by atoms with Crippen LogP contribution in [0.25, 0.3) is 10.4 Å². The number of thiophene rings is 1. The van der Waals surface area contributed by atoms with Crippen LogP contribution in [0.15, 0.2) is 53.1 Å². The number of ketones is 1. The second-order valence-electron chi connectivity index (χ2n) is 4.61. The second kappa shape index (κ2) is 5.96. The second-order valence-corrected chi connectivity index (χ2v) is 5.67. The van der Waals surface area contributed by atoms with Crippen molar-refractivity contribution in [3.8, 4) is 16.5 Å². The molecule has 0 saturated carbocycles. The Morgan fingerprint density at radius 3 is 2.68 bits per heavy atom. The zero-order valence-corrected chi connectivity index (χ0v) is 12.2. The summed E-state index contributed by atoms with van der Waals surface area (Å²) in [6.07, 6.45) is 1.63. The molecule has 0 radical (unpaired) electrons. The number of carbonyl (C=O) groups is 1. The van der Waals surface area contributed by atoms with Crippen LogP contribution < -0.4 is 0 Å². The molecule has 2 aromatic heterocycles. The molecule has 5 heteroatoms. The van der Waals surface area contributed by atoms with E-state index in [0.29, 0.717) is 4.88 Å². The van der Waals surface area contributed by atoms with Gasteiger partial charge in [-0.15, -0.1) is 11.3 Å². The number of hydrogen-bond donors (Lipinski definition) is 0. The molecule has 2 heterocycles. The Morgan fingerprint density at radius 2 is 2.05 bits per heavy atom. The number of nitrogens with zero attached hydrogens (tertiary/aromatic N) is 1. The first-order valence-electron chi connectivity index (χ1n) is 6.53. The van der Waals surface area contributed by atoms with Crippen molar-refractivity contribution >= 4 is 17.1 Å². The Labute approximate surface area is 130 Å². The van der Waals surface area contributed by atoms with E-state index in [4.69, 9.17) is 9.68 Å². The molecule has 3 rings (SSSR count). The van der Waals surface area contributed by atoms with Crippen molar-refractivity contribution in [1.82, 2.24) is 0 Å². The molecule has 0 aliphatic carbocycles. The maximum Gasteiger partial charge on any atom is 0.238 e. The van der Waals surface area contributed by atoms with E-state index in [1.54, 1.807) is 30.3 Å². The smallest absolute Gasteiger partial charge is 0.238 e. The summed E-state index contributed by atoms with van der Waals surface area (Å²) in [6.45, 7) is 0. The summed E-state index contributed by atoms with van der Waals surface area (Å²) in [6, 6.07) is 13.1. The minimum absolute atomic E-state index is 0.189. The predicted octanol–water partition coefficient (Wildman–Crippen LogP) is 4.44. The summed E-state index contributed by atoms with van der Waals surface area (Å²) in [5.41, 5.74) is 1.55. The van der Waals surface area contributed by atoms with E-state index in [0.717, 1.165) is 16.0 Å². The first-order chi connectivity index (χ1) is 10.7. The highest BCUT2D eigenvalue weighted by molar-refractivity contribution is 7.17. The van der Waals surface area contributed by atoms with Crippen LogP contribution in [0, 0.1) is 17.1 Å². The van der Waals surface area contributed by atoms with Crippen LogP contribution in [0.4, 0.5) is 4.39 Å². The Bertz CT molecular complexity index is 842. The summed E-state index contributed by atoms with van der Waals surface area (Å²) in [5.74, 6) is -0.285. The van der Waals surface area contributed by atoms with Crippen LogP contribution in [0.2, 0.25) is 0 Å². The Kier molecular flexibility index (Phi) is 3.86. The highest BCUT2D eigenvalue weighted by Gasteiger charge is 2.18. The van der Waals surface area contributed by atoms with E-state index in [1.165, 1.54) is 29.7 Å². The van der Waals surface area contributed by atoms with Crippen LogP contribution in [0.1, 0.15) is 21.0 Å². The fraction of sp³-hybridized carbons (Fsp3) is 0.0588. The quantitative estimate of drug-likeness (QED) is 0.669. The molecule has 0 fully saturated rings. The van der Waals surface area contributed by atoms with E-state index < -0.39 is 0 Å². The number of hydrogen-bond acceptors (Lipinski definition) is 4. The van der Waals surface area contributed by atoms with Gasteiger partial charge in [0.05, 0.1) is 23.6 Å². The average Bonchev–Trinajstić information content (AvgIpc) is 3.17. The molecule has 108 valence electrons. The molecule has 0 amide bonds. The molecule has 0 saturated heterocycles. The number of benzene rings is 1. The van der Waals surface area contributed by atoms with E-state index in [2.05, 4.69) is 6.07 Å². The molecule has 3 nitrogen and oxygen atoms in total. The molecular weight excluding hydrogens is 301 g/mol. The van der Waals surface area contributed by atoms with Crippen LogP contribution in [-0.2, 0) is 6.42 Å². The van der Waals surface area contributed by atoms with Gasteiger partial charge in [0.2, 0.25) is 5.78 Å². The van der Waals surface area contributed by atoms with E-state index in [-0.39, 0.29) is 23.8 Å². The van der Waals surface area contributed by atoms with Crippen molar-refractivity contribution in [1.29, 1.82) is 5.26 Å². The molecule has 0 atom stereocenters. The van der Waals surface area contributed by atoms with E-state index in [1.807, 2.05) is 0 Å². The fourth-order valence-corrected chi connectivity index (χ4v) is 3.26. The van der Waals surface area contributed by atoms with Crippen molar-refractivity contribution < 1.29 is 13.6 Å². The molecule has 22 heavy (non-hydrogen) atoms. The molecule has 0 aliphatic heterocycles. The number of carbonyl (C=O) groups excluding carboxylic acids is 1. The monoisotopic (exact) mass is 311 g/mol. The third-order valence-corrected chi connectivity index (χ3v) is 4.38. The molecule has 3 aromatic rings. The van der Waals surface area contributed by atoms with Crippen molar-refractivity contribution in [3.63, 3.8) is 0 Å². The summed E-state index contributed by atoms with van der Waals surface area (Å²) in [5, 5.41) is 8.96. The minimum Gasteiger partial charge on any atom is -0.461 e. The number of furan rings is 1. The zero-order chi connectivity index (χ0) is 15.5. The van der Waals surface area contributed by atoms with Gasteiger partial charge in [0, 0.05) is 4.88 Å². The first kappa shape index (κ1) is 14.2. The summed E-state index contributed by atoms with van der Waals surface area (Å²) in [7, 11) is 0. The Hall–Kier alpha value is -2.71. The SMILES string of the molecule is N#CCc1cc(C(=O)c2ccco2)sc1-c1ccc(F)cc1. The Balaban J connectivity index is 2.04. The van der Waals surface area contributed by atoms with Gasteiger partial charge in [-0.2, -0.15) is 5.26 Å². The Morgan fingerprint density at radius 1 is 1.27 bits per heavy atom. The van der Waals surface area contributed by atoms with Crippen LogP contribution in [-0.4, -0.2) is 5.78 Å². The third kappa shape index (κ3) is 2.69.